The fraction of sp³-hybridized carbons (Fsp3) is 0.522. The summed E-state index contributed by atoms with van der Waals surface area (Å²) in [6.07, 6.45) is 1.86. The zero-order chi connectivity index (χ0) is 22.3. The monoisotopic (exact) mass is 448 g/mol. The van der Waals surface area contributed by atoms with E-state index < -0.39 is 12.7 Å². The fourth-order valence-corrected chi connectivity index (χ4v) is 4.85. The van der Waals surface area contributed by atoms with Gasteiger partial charge in [-0.25, -0.2) is 0 Å². The van der Waals surface area contributed by atoms with Gasteiger partial charge in [0.1, 0.15) is 18.4 Å². The summed E-state index contributed by atoms with van der Waals surface area (Å²) in [5.41, 5.74) is 2.98. The van der Waals surface area contributed by atoms with Crippen LogP contribution in [0, 0.1) is 0 Å². The van der Waals surface area contributed by atoms with Gasteiger partial charge in [-0.05, 0) is 31.0 Å². The lowest BCUT2D eigenvalue weighted by atomic mass is 10.0. The van der Waals surface area contributed by atoms with E-state index in [1.807, 2.05) is 24.0 Å². The molecule has 6 nitrogen and oxygen atoms in total. The first-order valence-electron chi connectivity index (χ1n) is 11.0. The minimum Gasteiger partial charge on any atom is -0.490 e. The summed E-state index contributed by atoms with van der Waals surface area (Å²) < 4.78 is 53.9. The maximum atomic E-state index is 12.8. The fourth-order valence-electron chi connectivity index (χ4n) is 4.85. The molecule has 32 heavy (non-hydrogen) atoms. The average molecular weight is 448 g/mol. The van der Waals surface area contributed by atoms with Crippen molar-refractivity contribution in [2.24, 2.45) is 7.05 Å². The molecule has 1 saturated heterocycles. The molecule has 2 aromatic heterocycles. The Morgan fingerprint density at radius 2 is 2.00 bits per heavy atom. The smallest absolute Gasteiger partial charge is 0.406 e. The molecule has 2 aliphatic rings. The molecule has 0 radical (unpaired) electrons. The van der Waals surface area contributed by atoms with Gasteiger partial charge in [-0.1, -0.05) is 6.07 Å². The number of likely N-dealkylation sites (tertiary alicyclic amines) is 1. The molecule has 1 aromatic carbocycles. The van der Waals surface area contributed by atoms with Crippen LogP contribution in [0.1, 0.15) is 30.2 Å². The Bertz CT molecular complexity index is 1080. The van der Waals surface area contributed by atoms with E-state index in [1.165, 1.54) is 22.0 Å². The highest BCUT2D eigenvalue weighted by Gasteiger charge is 2.30. The first-order valence-corrected chi connectivity index (χ1v) is 11.0. The molecule has 4 heterocycles. The van der Waals surface area contributed by atoms with Crippen LogP contribution in [0.3, 0.4) is 0 Å². The molecule has 5 rings (SSSR count). The zero-order valence-corrected chi connectivity index (χ0v) is 18.0. The molecule has 172 valence electrons. The third kappa shape index (κ3) is 4.36. The topological polar surface area (TPSA) is 44.4 Å². The van der Waals surface area contributed by atoms with E-state index in [-0.39, 0.29) is 12.2 Å². The molecule has 1 unspecified atom stereocenters. The van der Waals surface area contributed by atoms with Crippen LogP contribution in [-0.2, 0) is 24.8 Å². The van der Waals surface area contributed by atoms with E-state index in [0.717, 1.165) is 50.9 Å². The number of aryl methyl sites for hydroxylation is 1. The van der Waals surface area contributed by atoms with Crippen molar-refractivity contribution in [3.8, 4) is 5.75 Å². The quantitative estimate of drug-likeness (QED) is 0.590. The Kier molecular flexibility index (Phi) is 5.63. The Labute approximate surface area is 184 Å². The third-order valence-electron chi connectivity index (χ3n) is 6.47. The number of nitrogens with zero attached hydrogens (tertiary/aromatic N) is 4. The highest BCUT2D eigenvalue weighted by molar-refractivity contribution is 5.86. The number of hydrogen-bond donors (Lipinski definition) is 0. The number of hydrogen-bond acceptors (Lipinski definition) is 4. The average Bonchev–Trinajstić information content (AvgIpc) is 3.34. The molecule has 0 saturated carbocycles. The molecular formula is C23H27F3N4O2. The summed E-state index contributed by atoms with van der Waals surface area (Å²) in [5, 5.41) is 5.10. The second-order valence-electron chi connectivity index (χ2n) is 8.65. The Morgan fingerprint density at radius 3 is 2.78 bits per heavy atom. The van der Waals surface area contributed by atoms with E-state index in [4.69, 9.17) is 9.47 Å². The number of aromatic nitrogens is 3. The van der Waals surface area contributed by atoms with E-state index >= 15 is 0 Å². The third-order valence-corrected chi connectivity index (χ3v) is 6.47. The maximum Gasteiger partial charge on any atom is 0.406 e. The normalized spacial score (nSPS) is 20.6. The second-order valence-corrected chi connectivity index (χ2v) is 8.65. The summed E-state index contributed by atoms with van der Waals surface area (Å²) in [6.45, 7) is 2.34. The molecule has 0 N–H and O–H groups in total. The van der Waals surface area contributed by atoms with Crippen molar-refractivity contribution in [1.82, 2.24) is 19.2 Å². The number of rotatable bonds is 5. The van der Waals surface area contributed by atoms with Gasteiger partial charge in [-0.2, -0.15) is 18.3 Å². The van der Waals surface area contributed by atoms with E-state index in [2.05, 4.69) is 10.00 Å². The van der Waals surface area contributed by atoms with Gasteiger partial charge in [0.05, 0.1) is 24.4 Å². The number of benzene rings is 1. The molecule has 0 aliphatic carbocycles. The molecule has 1 atom stereocenters. The lowest BCUT2D eigenvalue weighted by Crippen LogP contribution is -2.41. The Morgan fingerprint density at radius 1 is 1.19 bits per heavy atom. The first-order chi connectivity index (χ1) is 15.4. The van der Waals surface area contributed by atoms with Crippen molar-refractivity contribution in [2.45, 2.75) is 44.2 Å². The molecule has 0 amide bonds. The molecule has 0 bridgehead atoms. The van der Waals surface area contributed by atoms with Crippen LogP contribution in [0.4, 0.5) is 13.2 Å². The van der Waals surface area contributed by atoms with Crippen LogP contribution in [0.2, 0.25) is 0 Å². The van der Waals surface area contributed by atoms with Crippen LogP contribution in [0.5, 0.6) is 5.75 Å². The number of ether oxygens (including phenoxy) is 2. The lowest BCUT2D eigenvalue weighted by Gasteiger charge is -2.35. The molecule has 9 heteroatoms. The van der Waals surface area contributed by atoms with Gasteiger partial charge in [-0.3, -0.25) is 4.68 Å². The van der Waals surface area contributed by atoms with Gasteiger partial charge in [0.15, 0.2) is 0 Å². The SMILES string of the molecule is Cn1ncc2c1CCOC2CN1CCC(Oc2cccc3c2ccn3CC(F)(F)F)CC1. The first kappa shape index (κ1) is 21.3. The van der Waals surface area contributed by atoms with Crippen LogP contribution in [0.15, 0.2) is 36.7 Å². The predicted molar refractivity (Wildman–Crippen MR) is 114 cm³/mol. The molecule has 3 aromatic rings. The van der Waals surface area contributed by atoms with E-state index in [0.29, 0.717) is 11.3 Å². The van der Waals surface area contributed by atoms with E-state index in [9.17, 15) is 13.2 Å². The van der Waals surface area contributed by atoms with Gasteiger partial charge in [0, 0.05) is 55.9 Å². The highest BCUT2D eigenvalue weighted by Crippen LogP contribution is 2.32. The van der Waals surface area contributed by atoms with Crippen LogP contribution >= 0.6 is 0 Å². The van der Waals surface area contributed by atoms with Crippen molar-refractivity contribution in [1.29, 1.82) is 0 Å². The number of alkyl halides is 3. The van der Waals surface area contributed by atoms with Gasteiger partial charge in [0.2, 0.25) is 0 Å². The molecule has 1 fully saturated rings. The molecule has 0 spiro atoms. The molecular weight excluding hydrogens is 421 g/mol. The van der Waals surface area contributed by atoms with Gasteiger partial charge in [0.25, 0.3) is 0 Å². The largest absolute Gasteiger partial charge is 0.490 e. The Balaban J connectivity index is 1.20. The van der Waals surface area contributed by atoms with Gasteiger partial charge >= 0.3 is 6.18 Å². The molecule has 2 aliphatic heterocycles. The number of halogens is 3. The van der Waals surface area contributed by atoms with Gasteiger partial charge in [-0.15, -0.1) is 0 Å². The summed E-state index contributed by atoms with van der Waals surface area (Å²) >= 11 is 0. The maximum absolute atomic E-state index is 12.8. The highest BCUT2D eigenvalue weighted by atomic mass is 19.4. The minimum atomic E-state index is -4.26. The van der Waals surface area contributed by atoms with E-state index in [1.54, 1.807) is 18.2 Å². The van der Waals surface area contributed by atoms with Crippen LogP contribution < -0.4 is 4.74 Å². The Hall–Kier alpha value is -2.52. The lowest BCUT2D eigenvalue weighted by molar-refractivity contribution is -0.139. The summed E-state index contributed by atoms with van der Waals surface area (Å²) in [6, 6.07) is 7.00. The summed E-state index contributed by atoms with van der Waals surface area (Å²) in [4.78, 5) is 2.40. The van der Waals surface area contributed by atoms with Crippen molar-refractivity contribution in [3.63, 3.8) is 0 Å². The predicted octanol–water partition coefficient (Wildman–Crippen LogP) is 4.09. The van der Waals surface area contributed by atoms with Crippen LogP contribution in [0.25, 0.3) is 10.9 Å². The summed E-state index contributed by atoms with van der Waals surface area (Å²) in [7, 11) is 1.97. The standard InChI is InChI=1S/C23H27F3N4O2/c1-28-19-8-12-31-22(18(19)13-27-28)14-29-9-5-16(6-10-29)32-21-4-2-3-20-17(21)7-11-30(20)15-23(24,25)26/h2-4,7,11,13,16,22H,5-6,8-10,12,14-15H2,1H3. The number of piperidine rings is 1. The minimum absolute atomic E-state index is 0.0454. The zero-order valence-electron chi connectivity index (χ0n) is 18.0. The number of fused-ring (bicyclic) bond motifs is 2. The van der Waals surface area contributed by atoms with Crippen LogP contribution in [-0.4, -0.2) is 57.8 Å². The van der Waals surface area contributed by atoms with Crippen molar-refractivity contribution in [2.75, 3.05) is 26.2 Å². The summed E-state index contributed by atoms with van der Waals surface area (Å²) in [5.74, 6) is 0.650. The van der Waals surface area contributed by atoms with Gasteiger partial charge < -0.3 is 18.9 Å². The van der Waals surface area contributed by atoms with Crippen molar-refractivity contribution in [3.05, 3.63) is 47.9 Å². The van der Waals surface area contributed by atoms with Crippen molar-refractivity contribution >= 4 is 10.9 Å². The second kappa shape index (κ2) is 8.44. The van der Waals surface area contributed by atoms with Crippen molar-refractivity contribution < 1.29 is 22.6 Å².